The third-order valence-corrected chi connectivity index (χ3v) is 4.07. The molecule has 3 nitrogen and oxygen atoms in total. The van der Waals surface area contributed by atoms with Gasteiger partial charge in [-0.05, 0) is 47.4 Å². The van der Waals surface area contributed by atoms with E-state index < -0.39 is 0 Å². The Morgan fingerprint density at radius 3 is 2.48 bits per heavy atom. The molecule has 0 spiro atoms. The lowest BCUT2D eigenvalue weighted by Crippen LogP contribution is -1.92. The number of hydrogen-bond acceptors (Lipinski definition) is 3. The molecule has 3 rings (SSSR count). The molecule has 0 fully saturated rings. The molecule has 3 aromatic rings. The predicted molar refractivity (Wildman–Crippen MR) is 97.9 cm³/mol. The van der Waals surface area contributed by atoms with Crippen molar-refractivity contribution >= 4 is 38.9 Å². The third-order valence-electron chi connectivity index (χ3n) is 3.58. The van der Waals surface area contributed by atoms with Crippen molar-refractivity contribution in [1.82, 2.24) is 4.98 Å². The highest BCUT2D eigenvalue weighted by Gasteiger charge is 2.08. The first-order chi connectivity index (χ1) is 11.2. The molecule has 2 aromatic carbocycles. The highest BCUT2D eigenvalue weighted by atomic mass is 79.9. The molecule has 1 heterocycles. The van der Waals surface area contributed by atoms with Gasteiger partial charge in [0.25, 0.3) is 0 Å². The van der Waals surface area contributed by atoms with Gasteiger partial charge < -0.3 is 9.47 Å². The number of rotatable bonds is 4. The quantitative estimate of drug-likeness (QED) is 0.634. The van der Waals surface area contributed by atoms with Crippen LogP contribution in [0.15, 0.2) is 53.1 Å². The largest absolute Gasteiger partial charge is 0.493 e. The number of hydrogen-bond donors (Lipinski definition) is 0. The van der Waals surface area contributed by atoms with Gasteiger partial charge in [0.05, 0.1) is 19.9 Å². The molecular formula is C19H16BrNO2. The molecular weight excluding hydrogens is 354 g/mol. The first-order valence-corrected chi connectivity index (χ1v) is 7.95. The molecule has 4 heteroatoms. The van der Waals surface area contributed by atoms with Crippen LogP contribution in [0.2, 0.25) is 0 Å². The fourth-order valence-corrected chi connectivity index (χ4v) is 2.86. The summed E-state index contributed by atoms with van der Waals surface area (Å²) in [6.07, 6.45) is 5.86. The fourth-order valence-electron chi connectivity index (χ4n) is 2.44. The van der Waals surface area contributed by atoms with Gasteiger partial charge in [-0.15, -0.1) is 0 Å². The molecule has 116 valence electrons. The summed E-state index contributed by atoms with van der Waals surface area (Å²) in [5.74, 6) is 1.42. The number of fused-ring (bicyclic) bond motifs is 1. The van der Waals surface area contributed by atoms with Gasteiger partial charge in [-0.2, -0.15) is 0 Å². The van der Waals surface area contributed by atoms with E-state index in [1.54, 1.807) is 20.4 Å². The molecule has 23 heavy (non-hydrogen) atoms. The van der Waals surface area contributed by atoms with E-state index in [1.165, 1.54) is 0 Å². The van der Waals surface area contributed by atoms with Crippen LogP contribution in [-0.2, 0) is 0 Å². The minimum atomic E-state index is 0.699. The summed E-state index contributed by atoms with van der Waals surface area (Å²) in [7, 11) is 3.27. The monoisotopic (exact) mass is 369 g/mol. The highest BCUT2D eigenvalue weighted by Crippen LogP contribution is 2.33. The zero-order valence-corrected chi connectivity index (χ0v) is 14.5. The number of benzene rings is 2. The number of halogens is 1. The topological polar surface area (TPSA) is 31.4 Å². The predicted octanol–water partition coefficient (Wildman–Crippen LogP) is 5.18. The van der Waals surface area contributed by atoms with Crippen LogP contribution in [0.5, 0.6) is 11.5 Å². The van der Waals surface area contributed by atoms with Crippen LogP contribution in [0.25, 0.3) is 22.9 Å². The SMILES string of the molecule is COc1cc2ccnc(C=Cc3cccc(Br)c3)c2cc1OC. The first kappa shape index (κ1) is 15.6. The van der Waals surface area contributed by atoms with Gasteiger partial charge in [-0.25, -0.2) is 0 Å². The molecule has 0 bridgehead atoms. The molecule has 1 aromatic heterocycles. The number of nitrogens with zero attached hydrogens (tertiary/aromatic N) is 1. The van der Waals surface area contributed by atoms with E-state index >= 15 is 0 Å². The third kappa shape index (κ3) is 3.37. The zero-order valence-electron chi connectivity index (χ0n) is 12.9. The summed E-state index contributed by atoms with van der Waals surface area (Å²) < 4.78 is 11.8. The van der Waals surface area contributed by atoms with Gasteiger partial charge in [-0.1, -0.05) is 34.1 Å². The van der Waals surface area contributed by atoms with Crippen molar-refractivity contribution in [1.29, 1.82) is 0 Å². The minimum Gasteiger partial charge on any atom is -0.493 e. The van der Waals surface area contributed by atoms with Crippen molar-refractivity contribution in [2.75, 3.05) is 14.2 Å². The summed E-state index contributed by atoms with van der Waals surface area (Å²) in [5, 5.41) is 2.09. The lowest BCUT2D eigenvalue weighted by atomic mass is 10.1. The Hall–Kier alpha value is -2.33. The van der Waals surface area contributed by atoms with Crippen molar-refractivity contribution in [3.05, 3.63) is 64.4 Å². The van der Waals surface area contributed by atoms with Crippen LogP contribution < -0.4 is 9.47 Å². The standard InChI is InChI=1S/C19H16BrNO2/c1-22-18-11-14-8-9-21-17(16(14)12-19(18)23-2)7-6-13-4-3-5-15(20)10-13/h3-12H,1-2H3. The molecule has 0 atom stereocenters. The molecule has 0 N–H and O–H groups in total. The second-order valence-electron chi connectivity index (χ2n) is 5.01. The van der Waals surface area contributed by atoms with Gasteiger partial charge in [0.2, 0.25) is 0 Å². The molecule has 0 radical (unpaired) electrons. The number of ether oxygens (including phenoxy) is 2. The maximum Gasteiger partial charge on any atom is 0.161 e. The molecule has 0 aliphatic heterocycles. The van der Waals surface area contributed by atoms with Crippen molar-refractivity contribution in [2.45, 2.75) is 0 Å². The van der Waals surface area contributed by atoms with Gasteiger partial charge in [0.1, 0.15) is 0 Å². The van der Waals surface area contributed by atoms with Crippen LogP contribution in [0, 0.1) is 0 Å². The maximum absolute atomic E-state index is 5.39. The smallest absolute Gasteiger partial charge is 0.161 e. The van der Waals surface area contributed by atoms with E-state index in [1.807, 2.05) is 42.5 Å². The molecule has 0 saturated carbocycles. The molecule has 0 saturated heterocycles. The van der Waals surface area contributed by atoms with Crippen molar-refractivity contribution < 1.29 is 9.47 Å². The van der Waals surface area contributed by atoms with Crippen LogP contribution in [0.4, 0.5) is 0 Å². The molecule has 0 unspecified atom stereocenters. The van der Waals surface area contributed by atoms with Gasteiger partial charge >= 0.3 is 0 Å². The van der Waals surface area contributed by atoms with Crippen LogP contribution in [-0.4, -0.2) is 19.2 Å². The Balaban J connectivity index is 2.07. The van der Waals surface area contributed by atoms with Gasteiger partial charge in [0.15, 0.2) is 11.5 Å². The minimum absolute atomic E-state index is 0.699. The number of pyridine rings is 1. The summed E-state index contributed by atoms with van der Waals surface area (Å²) in [4.78, 5) is 4.48. The Labute approximate surface area is 143 Å². The average molecular weight is 370 g/mol. The Morgan fingerprint density at radius 2 is 1.74 bits per heavy atom. The van der Waals surface area contributed by atoms with Gasteiger partial charge in [0, 0.05) is 16.1 Å². The van der Waals surface area contributed by atoms with E-state index in [-0.39, 0.29) is 0 Å². The Bertz CT molecular complexity index is 874. The number of aromatic nitrogens is 1. The van der Waals surface area contributed by atoms with E-state index in [0.29, 0.717) is 11.5 Å². The van der Waals surface area contributed by atoms with Gasteiger partial charge in [-0.3, -0.25) is 4.98 Å². The lowest BCUT2D eigenvalue weighted by Gasteiger charge is -2.10. The van der Waals surface area contributed by atoms with Crippen molar-refractivity contribution in [2.24, 2.45) is 0 Å². The number of methoxy groups -OCH3 is 2. The fraction of sp³-hybridized carbons (Fsp3) is 0.105. The second kappa shape index (κ2) is 6.84. The summed E-state index contributed by atoms with van der Waals surface area (Å²) >= 11 is 3.48. The summed E-state index contributed by atoms with van der Waals surface area (Å²) in [6, 6.07) is 14.0. The Kier molecular flexibility index (Phi) is 4.63. The highest BCUT2D eigenvalue weighted by molar-refractivity contribution is 9.10. The molecule has 0 aliphatic carbocycles. The Morgan fingerprint density at radius 1 is 0.957 bits per heavy atom. The lowest BCUT2D eigenvalue weighted by molar-refractivity contribution is 0.356. The van der Waals surface area contributed by atoms with E-state index in [0.717, 1.165) is 26.5 Å². The van der Waals surface area contributed by atoms with Crippen LogP contribution in [0.3, 0.4) is 0 Å². The molecule has 0 aliphatic rings. The van der Waals surface area contributed by atoms with E-state index in [4.69, 9.17) is 9.47 Å². The van der Waals surface area contributed by atoms with E-state index in [9.17, 15) is 0 Å². The zero-order chi connectivity index (χ0) is 16.2. The van der Waals surface area contributed by atoms with Crippen LogP contribution >= 0.6 is 15.9 Å². The normalized spacial score (nSPS) is 11.1. The molecule has 0 amide bonds. The first-order valence-electron chi connectivity index (χ1n) is 7.15. The van der Waals surface area contributed by atoms with Crippen molar-refractivity contribution in [3.8, 4) is 11.5 Å². The summed E-state index contributed by atoms with van der Waals surface area (Å²) in [6.45, 7) is 0. The maximum atomic E-state index is 5.39. The van der Waals surface area contributed by atoms with E-state index in [2.05, 4.69) is 33.0 Å². The van der Waals surface area contributed by atoms with Crippen LogP contribution in [0.1, 0.15) is 11.3 Å². The summed E-state index contributed by atoms with van der Waals surface area (Å²) in [5.41, 5.74) is 2.00. The van der Waals surface area contributed by atoms with Crippen molar-refractivity contribution in [3.63, 3.8) is 0 Å². The average Bonchev–Trinajstić information content (AvgIpc) is 2.58. The second-order valence-corrected chi connectivity index (χ2v) is 5.93.